The van der Waals surface area contributed by atoms with E-state index >= 15 is 0 Å². The predicted octanol–water partition coefficient (Wildman–Crippen LogP) is 2.20. The zero-order chi connectivity index (χ0) is 13.3. The molecule has 94 valence electrons. The first-order valence-corrected chi connectivity index (χ1v) is 5.44. The van der Waals surface area contributed by atoms with E-state index in [1.807, 2.05) is 0 Å². The molecule has 1 aromatic carbocycles. The Morgan fingerprint density at radius 1 is 1.35 bits per heavy atom. The molecular formula is C13H18FNO2. The number of nitrogens with two attached hydrogens (primary N) is 1. The van der Waals surface area contributed by atoms with E-state index in [1.165, 1.54) is 6.07 Å². The maximum absolute atomic E-state index is 13.5. The van der Waals surface area contributed by atoms with E-state index < -0.39 is 22.7 Å². The summed E-state index contributed by atoms with van der Waals surface area (Å²) >= 11 is 0. The molecule has 0 heterocycles. The first-order valence-electron chi connectivity index (χ1n) is 5.44. The van der Waals surface area contributed by atoms with Crippen molar-refractivity contribution in [2.45, 2.75) is 32.7 Å². The summed E-state index contributed by atoms with van der Waals surface area (Å²) in [7, 11) is 0. The average Bonchev–Trinajstić information content (AvgIpc) is 2.19. The third-order valence-corrected chi connectivity index (χ3v) is 3.15. The van der Waals surface area contributed by atoms with E-state index in [0.29, 0.717) is 5.56 Å². The van der Waals surface area contributed by atoms with Crippen molar-refractivity contribution in [3.8, 4) is 0 Å². The predicted molar refractivity (Wildman–Crippen MR) is 64.1 cm³/mol. The Balaban J connectivity index is 3.13. The number of rotatable bonds is 3. The highest BCUT2D eigenvalue weighted by atomic mass is 19.1. The lowest BCUT2D eigenvalue weighted by Crippen LogP contribution is -2.59. The van der Waals surface area contributed by atoms with Crippen molar-refractivity contribution in [1.82, 2.24) is 0 Å². The van der Waals surface area contributed by atoms with Crippen LogP contribution in [0.2, 0.25) is 0 Å². The van der Waals surface area contributed by atoms with Crippen LogP contribution in [0.3, 0.4) is 0 Å². The second-order valence-electron chi connectivity index (χ2n) is 5.29. The summed E-state index contributed by atoms with van der Waals surface area (Å²) in [5.74, 6) is -1.54. The van der Waals surface area contributed by atoms with Crippen molar-refractivity contribution in [3.05, 3.63) is 35.6 Å². The molecule has 0 aromatic heterocycles. The Morgan fingerprint density at radius 2 is 1.88 bits per heavy atom. The van der Waals surface area contributed by atoms with Crippen LogP contribution < -0.4 is 5.73 Å². The first kappa shape index (κ1) is 13.6. The standard InChI is InChI=1S/C13H18FNO2/c1-12(2,3)13(15,11(16)17)8-9-6-4-5-7-10(9)14/h4-7H,8,15H2,1-3H3,(H,16,17). The minimum absolute atomic E-state index is 0.0293. The number of halogens is 1. The maximum atomic E-state index is 13.5. The van der Waals surface area contributed by atoms with Gasteiger partial charge in [-0.15, -0.1) is 0 Å². The topological polar surface area (TPSA) is 63.3 Å². The van der Waals surface area contributed by atoms with E-state index in [4.69, 9.17) is 5.73 Å². The van der Waals surface area contributed by atoms with Crippen molar-refractivity contribution in [2.75, 3.05) is 0 Å². The van der Waals surface area contributed by atoms with Gasteiger partial charge in [-0.25, -0.2) is 4.39 Å². The number of hydrogen-bond acceptors (Lipinski definition) is 2. The fourth-order valence-electron chi connectivity index (χ4n) is 1.60. The van der Waals surface area contributed by atoms with E-state index in [1.54, 1.807) is 39.0 Å². The van der Waals surface area contributed by atoms with E-state index in [-0.39, 0.29) is 6.42 Å². The van der Waals surface area contributed by atoms with Gasteiger partial charge in [0.2, 0.25) is 0 Å². The third kappa shape index (κ3) is 2.64. The molecule has 0 radical (unpaired) electrons. The molecule has 4 heteroatoms. The molecule has 1 atom stereocenters. The van der Waals surface area contributed by atoms with E-state index in [2.05, 4.69) is 0 Å². The normalized spacial score (nSPS) is 15.4. The number of aliphatic carboxylic acids is 1. The van der Waals surface area contributed by atoms with Gasteiger partial charge in [0.25, 0.3) is 0 Å². The van der Waals surface area contributed by atoms with Gasteiger partial charge in [-0.3, -0.25) is 4.79 Å². The summed E-state index contributed by atoms with van der Waals surface area (Å²) < 4.78 is 13.5. The molecule has 0 amide bonds. The Bertz CT molecular complexity index is 426. The van der Waals surface area contributed by atoms with Gasteiger partial charge < -0.3 is 10.8 Å². The molecule has 0 aliphatic rings. The van der Waals surface area contributed by atoms with Crippen LogP contribution in [-0.2, 0) is 11.2 Å². The maximum Gasteiger partial charge on any atom is 0.324 e. The lowest BCUT2D eigenvalue weighted by Gasteiger charge is -2.37. The largest absolute Gasteiger partial charge is 0.480 e. The smallest absolute Gasteiger partial charge is 0.324 e. The lowest BCUT2D eigenvalue weighted by molar-refractivity contribution is -0.147. The molecular weight excluding hydrogens is 221 g/mol. The first-order chi connectivity index (χ1) is 7.68. The minimum atomic E-state index is -1.49. The number of carboxylic acid groups (broad SMARTS) is 1. The van der Waals surface area contributed by atoms with Crippen LogP contribution in [-0.4, -0.2) is 16.6 Å². The third-order valence-electron chi connectivity index (χ3n) is 3.15. The Kier molecular flexibility index (Phi) is 3.57. The number of carbonyl (C=O) groups is 1. The van der Waals surface area contributed by atoms with Crippen molar-refractivity contribution in [2.24, 2.45) is 11.1 Å². The number of benzene rings is 1. The van der Waals surface area contributed by atoms with Gasteiger partial charge in [-0.05, 0) is 17.0 Å². The van der Waals surface area contributed by atoms with Gasteiger partial charge in [0.15, 0.2) is 0 Å². The highest BCUT2D eigenvalue weighted by Gasteiger charge is 2.45. The van der Waals surface area contributed by atoms with Gasteiger partial charge in [-0.1, -0.05) is 39.0 Å². The molecule has 0 fully saturated rings. The molecule has 17 heavy (non-hydrogen) atoms. The zero-order valence-corrected chi connectivity index (χ0v) is 10.3. The summed E-state index contributed by atoms with van der Waals surface area (Å²) in [6.07, 6.45) is -0.0293. The van der Waals surface area contributed by atoms with Gasteiger partial charge in [0, 0.05) is 6.42 Å². The summed E-state index contributed by atoms with van der Waals surface area (Å²) in [5.41, 5.74) is 4.12. The fraction of sp³-hybridized carbons (Fsp3) is 0.462. The molecule has 0 spiro atoms. The fourth-order valence-corrected chi connectivity index (χ4v) is 1.60. The second kappa shape index (κ2) is 4.45. The Labute approximate surface area is 100 Å². The summed E-state index contributed by atoms with van der Waals surface area (Å²) in [6, 6.07) is 6.10. The average molecular weight is 239 g/mol. The van der Waals surface area contributed by atoms with Crippen LogP contribution in [0.1, 0.15) is 26.3 Å². The van der Waals surface area contributed by atoms with Crippen molar-refractivity contribution in [1.29, 1.82) is 0 Å². The van der Waals surface area contributed by atoms with Gasteiger partial charge >= 0.3 is 5.97 Å². The summed E-state index contributed by atoms with van der Waals surface area (Å²) in [6.45, 7) is 5.21. The molecule has 0 saturated carbocycles. The highest BCUT2D eigenvalue weighted by molar-refractivity contribution is 5.80. The molecule has 0 aliphatic carbocycles. The van der Waals surface area contributed by atoms with Crippen LogP contribution in [0.4, 0.5) is 4.39 Å². The van der Waals surface area contributed by atoms with Crippen LogP contribution in [0, 0.1) is 11.2 Å². The molecule has 0 bridgehead atoms. The van der Waals surface area contributed by atoms with Gasteiger partial charge in [-0.2, -0.15) is 0 Å². The minimum Gasteiger partial charge on any atom is -0.480 e. The SMILES string of the molecule is CC(C)(C)C(N)(Cc1ccccc1F)C(=O)O. The number of hydrogen-bond donors (Lipinski definition) is 2. The molecule has 1 aromatic rings. The molecule has 3 N–H and O–H groups in total. The van der Waals surface area contributed by atoms with E-state index in [9.17, 15) is 14.3 Å². The van der Waals surface area contributed by atoms with Crippen molar-refractivity contribution >= 4 is 5.97 Å². The zero-order valence-electron chi connectivity index (χ0n) is 10.3. The molecule has 0 saturated heterocycles. The van der Waals surface area contributed by atoms with E-state index in [0.717, 1.165) is 0 Å². The van der Waals surface area contributed by atoms with Crippen LogP contribution in [0.5, 0.6) is 0 Å². The van der Waals surface area contributed by atoms with Gasteiger partial charge in [0.05, 0.1) is 0 Å². The van der Waals surface area contributed by atoms with Crippen LogP contribution in [0.25, 0.3) is 0 Å². The second-order valence-corrected chi connectivity index (χ2v) is 5.29. The molecule has 3 nitrogen and oxygen atoms in total. The Morgan fingerprint density at radius 3 is 2.29 bits per heavy atom. The molecule has 0 aliphatic heterocycles. The van der Waals surface area contributed by atoms with Crippen LogP contribution >= 0.6 is 0 Å². The Hall–Kier alpha value is -1.42. The lowest BCUT2D eigenvalue weighted by atomic mass is 9.71. The van der Waals surface area contributed by atoms with Gasteiger partial charge in [0.1, 0.15) is 11.4 Å². The monoisotopic (exact) mass is 239 g/mol. The van der Waals surface area contributed by atoms with Crippen molar-refractivity contribution in [3.63, 3.8) is 0 Å². The number of carboxylic acids is 1. The summed E-state index contributed by atoms with van der Waals surface area (Å²) in [4.78, 5) is 11.3. The molecule has 1 rings (SSSR count). The van der Waals surface area contributed by atoms with Crippen molar-refractivity contribution < 1.29 is 14.3 Å². The summed E-state index contributed by atoms with van der Waals surface area (Å²) in [5, 5.41) is 9.27. The quantitative estimate of drug-likeness (QED) is 0.850. The molecule has 1 unspecified atom stereocenters. The van der Waals surface area contributed by atoms with Crippen LogP contribution in [0.15, 0.2) is 24.3 Å². The highest BCUT2D eigenvalue weighted by Crippen LogP contribution is 2.32.